The lowest BCUT2D eigenvalue weighted by molar-refractivity contribution is 0.103. The van der Waals surface area contributed by atoms with Crippen molar-refractivity contribution in [1.82, 2.24) is 0 Å². The first-order chi connectivity index (χ1) is 13.1. The third-order valence-electron chi connectivity index (χ3n) is 4.43. The van der Waals surface area contributed by atoms with Crippen LogP contribution >= 0.6 is 34.5 Å². The van der Waals surface area contributed by atoms with Crippen LogP contribution in [-0.2, 0) is 0 Å². The first kappa shape index (κ1) is 16.6. The molecule has 0 spiro atoms. The number of halogens is 2. The maximum atomic E-state index is 12.7. The largest absolute Gasteiger partial charge is 0.456 e. The number of thiophene rings is 1. The molecule has 3 aromatic carbocycles. The lowest BCUT2D eigenvalue weighted by Crippen LogP contribution is -2.10. The summed E-state index contributed by atoms with van der Waals surface area (Å²) in [7, 11) is 0. The molecule has 0 aliphatic rings. The second-order valence-corrected chi connectivity index (χ2v) is 8.02. The summed E-state index contributed by atoms with van der Waals surface area (Å²) in [4.78, 5) is 13.2. The van der Waals surface area contributed by atoms with Crippen LogP contribution in [0.25, 0.3) is 32.0 Å². The van der Waals surface area contributed by atoms with Crippen molar-refractivity contribution in [2.24, 2.45) is 0 Å². The highest BCUT2D eigenvalue weighted by molar-refractivity contribution is 7.21. The number of nitrogens with one attached hydrogen (secondary N) is 1. The van der Waals surface area contributed by atoms with Crippen LogP contribution in [0.2, 0.25) is 10.0 Å². The smallest absolute Gasteiger partial charge is 0.267 e. The molecule has 0 saturated heterocycles. The number of hydrogen-bond donors (Lipinski definition) is 1. The predicted molar refractivity (Wildman–Crippen MR) is 114 cm³/mol. The van der Waals surface area contributed by atoms with Gasteiger partial charge in [0.1, 0.15) is 16.0 Å². The number of para-hydroxylation sites is 1. The van der Waals surface area contributed by atoms with Crippen LogP contribution < -0.4 is 5.32 Å². The maximum Gasteiger partial charge on any atom is 0.267 e. The molecule has 0 radical (unpaired) electrons. The predicted octanol–water partition coefficient (Wildman–Crippen LogP) is 7.36. The molecule has 0 unspecified atom stereocenters. The minimum atomic E-state index is -0.257. The quantitative estimate of drug-likeness (QED) is 0.329. The number of amides is 1. The van der Waals surface area contributed by atoms with Gasteiger partial charge in [0.2, 0.25) is 0 Å². The lowest BCUT2D eigenvalue weighted by Gasteiger charge is -2.04. The summed E-state index contributed by atoms with van der Waals surface area (Å²) in [6.45, 7) is 0. The number of carbonyl (C=O) groups excluding carboxylic acids is 1. The van der Waals surface area contributed by atoms with Crippen LogP contribution in [0.1, 0.15) is 9.67 Å². The van der Waals surface area contributed by atoms with Crippen LogP contribution in [0.5, 0.6) is 0 Å². The number of rotatable bonds is 2. The summed E-state index contributed by atoms with van der Waals surface area (Å²) in [6.07, 6.45) is 0. The second-order valence-electron chi connectivity index (χ2n) is 6.15. The van der Waals surface area contributed by atoms with E-state index in [1.165, 1.54) is 11.3 Å². The van der Waals surface area contributed by atoms with E-state index in [4.69, 9.17) is 27.6 Å². The second kappa shape index (κ2) is 6.27. The van der Waals surface area contributed by atoms with Gasteiger partial charge in [0.25, 0.3) is 5.91 Å². The SMILES string of the molecule is O=C(Nc1ccc2c(c1)oc1ccccc12)c1sc2cc(Cl)ccc2c1Cl. The molecule has 5 aromatic rings. The molecule has 0 fully saturated rings. The Morgan fingerprint density at radius 2 is 1.67 bits per heavy atom. The summed E-state index contributed by atoms with van der Waals surface area (Å²) < 4.78 is 6.76. The third-order valence-corrected chi connectivity index (χ3v) is 6.33. The Labute approximate surface area is 168 Å². The van der Waals surface area contributed by atoms with Gasteiger partial charge >= 0.3 is 0 Å². The van der Waals surface area contributed by atoms with Crippen molar-refractivity contribution in [3.05, 3.63) is 75.6 Å². The van der Waals surface area contributed by atoms with E-state index in [9.17, 15) is 4.79 Å². The standard InChI is InChI=1S/C21H11Cl2NO2S/c22-11-5-7-15-18(9-11)27-20(19(15)23)21(25)24-12-6-8-14-13-3-1-2-4-16(13)26-17(14)10-12/h1-10H,(H,24,25). The molecule has 27 heavy (non-hydrogen) atoms. The van der Waals surface area contributed by atoms with E-state index in [1.54, 1.807) is 6.07 Å². The van der Waals surface area contributed by atoms with Crippen molar-refractivity contribution in [2.75, 3.05) is 5.32 Å². The van der Waals surface area contributed by atoms with Gasteiger partial charge in [-0.2, -0.15) is 0 Å². The Balaban J connectivity index is 1.52. The summed E-state index contributed by atoms with van der Waals surface area (Å²) in [5.74, 6) is -0.257. The van der Waals surface area contributed by atoms with E-state index >= 15 is 0 Å². The Bertz CT molecular complexity index is 1350. The molecule has 5 rings (SSSR count). The summed E-state index contributed by atoms with van der Waals surface area (Å²) in [6, 6.07) is 18.9. The van der Waals surface area contributed by atoms with E-state index < -0.39 is 0 Å². The molecule has 1 N–H and O–H groups in total. The van der Waals surface area contributed by atoms with Crippen molar-refractivity contribution in [3.8, 4) is 0 Å². The zero-order chi connectivity index (χ0) is 18.5. The van der Waals surface area contributed by atoms with Gasteiger partial charge < -0.3 is 9.73 Å². The zero-order valence-corrected chi connectivity index (χ0v) is 16.1. The fourth-order valence-corrected chi connectivity index (χ4v) is 4.86. The van der Waals surface area contributed by atoms with E-state index in [2.05, 4.69) is 5.32 Å². The van der Waals surface area contributed by atoms with E-state index in [0.717, 1.165) is 32.0 Å². The Kier molecular flexibility index (Phi) is 3.86. The van der Waals surface area contributed by atoms with Gasteiger partial charge in [-0.1, -0.05) is 47.5 Å². The van der Waals surface area contributed by atoms with Crippen molar-refractivity contribution >= 4 is 78.2 Å². The van der Waals surface area contributed by atoms with Gasteiger partial charge in [-0.25, -0.2) is 0 Å². The number of furan rings is 1. The van der Waals surface area contributed by atoms with Gasteiger partial charge in [-0.15, -0.1) is 11.3 Å². The third kappa shape index (κ3) is 2.77. The summed E-state index contributed by atoms with van der Waals surface area (Å²) in [5.41, 5.74) is 2.20. The minimum absolute atomic E-state index is 0.257. The van der Waals surface area contributed by atoms with E-state index in [-0.39, 0.29) is 5.91 Å². The Hall–Kier alpha value is -2.53. The average molecular weight is 412 g/mol. The monoisotopic (exact) mass is 411 g/mol. The highest BCUT2D eigenvalue weighted by Gasteiger charge is 2.18. The van der Waals surface area contributed by atoms with E-state index in [1.807, 2.05) is 54.6 Å². The van der Waals surface area contributed by atoms with Crippen LogP contribution in [0.15, 0.2) is 65.1 Å². The molecular weight excluding hydrogens is 401 g/mol. The zero-order valence-electron chi connectivity index (χ0n) is 13.8. The first-order valence-corrected chi connectivity index (χ1v) is 9.77. The number of fused-ring (bicyclic) bond motifs is 4. The molecular formula is C21H11Cl2NO2S. The van der Waals surface area contributed by atoms with Gasteiger partial charge in [-0.3, -0.25) is 4.79 Å². The van der Waals surface area contributed by atoms with Crippen LogP contribution in [0.3, 0.4) is 0 Å². The normalized spacial score (nSPS) is 11.5. The number of benzene rings is 3. The molecule has 2 aromatic heterocycles. The number of hydrogen-bond acceptors (Lipinski definition) is 3. The lowest BCUT2D eigenvalue weighted by atomic mass is 10.1. The number of anilines is 1. The van der Waals surface area contributed by atoms with Crippen molar-refractivity contribution in [2.45, 2.75) is 0 Å². The molecule has 2 heterocycles. The summed E-state index contributed by atoms with van der Waals surface area (Å²) >= 11 is 13.8. The maximum absolute atomic E-state index is 12.7. The fraction of sp³-hybridized carbons (Fsp3) is 0. The molecule has 0 aliphatic carbocycles. The van der Waals surface area contributed by atoms with Gasteiger partial charge in [0.05, 0.1) is 5.02 Å². The van der Waals surface area contributed by atoms with Gasteiger partial charge in [0, 0.05) is 37.6 Å². The molecule has 0 saturated carbocycles. The van der Waals surface area contributed by atoms with Gasteiger partial charge in [0.15, 0.2) is 0 Å². The Morgan fingerprint density at radius 1 is 0.889 bits per heavy atom. The molecule has 6 heteroatoms. The molecule has 1 amide bonds. The highest BCUT2D eigenvalue weighted by Crippen LogP contribution is 2.37. The Morgan fingerprint density at radius 3 is 2.56 bits per heavy atom. The topological polar surface area (TPSA) is 42.2 Å². The fourth-order valence-electron chi connectivity index (χ4n) is 3.18. The number of carbonyl (C=O) groups is 1. The molecule has 0 bridgehead atoms. The van der Waals surface area contributed by atoms with Crippen LogP contribution in [-0.4, -0.2) is 5.91 Å². The summed E-state index contributed by atoms with van der Waals surface area (Å²) in [5, 5.41) is 6.84. The minimum Gasteiger partial charge on any atom is -0.456 e. The molecule has 132 valence electrons. The van der Waals surface area contributed by atoms with E-state index in [0.29, 0.717) is 20.6 Å². The highest BCUT2D eigenvalue weighted by atomic mass is 35.5. The van der Waals surface area contributed by atoms with Crippen LogP contribution in [0.4, 0.5) is 5.69 Å². The first-order valence-electron chi connectivity index (χ1n) is 8.20. The van der Waals surface area contributed by atoms with Crippen LogP contribution in [0, 0.1) is 0 Å². The van der Waals surface area contributed by atoms with Crippen molar-refractivity contribution in [1.29, 1.82) is 0 Å². The van der Waals surface area contributed by atoms with Gasteiger partial charge in [-0.05, 0) is 30.3 Å². The van der Waals surface area contributed by atoms with Crippen molar-refractivity contribution in [3.63, 3.8) is 0 Å². The average Bonchev–Trinajstić information content (AvgIpc) is 3.18. The van der Waals surface area contributed by atoms with Crippen molar-refractivity contribution < 1.29 is 9.21 Å². The molecule has 0 atom stereocenters. The molecule has 0 aliphatic heterocycles. The molecule has 3 nitrogen and oxygen atoms in total.